The first-order valence-electron chi connectivity index (χ1n) is 8.79. The van der Waals surface area contributed by atoms with Gasteiger partial charge in [0, 0.05) is 18.0 Å². The lowest BCUT2D eigenvalue weighted by Gasteiger charge is -2.50. The third-order valence-corrected chi connectivity index (χ3v) is 6.29. The van der Waals surface area contributed by atoms with Gasteiger partial charge in [-0.3, -0.25) is 10.7 Å². The lowest BCUT2D eigenvalue weighted by atomic mass is 9.67. The molecule has 122 valence electrons. The second-order valence-corrected chi connectivity index (χ2v) is 7.71. The van der Waals surface area contributed by atoms with Gasteiger partial charge in [-0.15, -0.1) is 11.6 Å². The van der Waals surface area contributed by atoms with E-state index in [2.05, 4.69) is 16.2 Å². The van der Waals surface area contributed by atoms with E-state index in [-0.39, 0.29) is 6.61 Å². The van der Waals surface area contributed by atoms with E-state index < -0.39 is 0 Å². The zero-order chi connectivity index (χ0) is 14.7. The van der Waals surface area contributed by atoms with Crippen LogP contribution in [0, 0.1) is 17.8 Å². The minimum absolute atomic E-state index is 0.207. The fourth-order valence-corrected chi connectivity index (χ4v) is 5.03. The standard InChI is InChI=1S/C16H30ClN3O/c17-12-7-5-11(6-8-12)15-13-3-1-2-4-14(13)16(20-19-15)18-9-10-21/h11-16,18-21H,1-10H2. The van der Waals surface area contributed by atoms with Crippen LogP contribution in [0.5, 0.6) is 0 Å². The van der Waals surface area contributed by atoms with Crippen molar-refractivity contribution >= 4 is 11.6 Å². The number of hydrogen-bond donors (Lipinski definition) is 4. The Balaban J connectivity index is 1.63. The third-order valence-electron chi connectivity index (χ3n) is 5.86. The number of hydrogen-bond acceptors (Lipinski definition) is 4. The predicted molar refractivity (Wildman–Crippen MR) is 86.0 cm³/mol. The molecule has 3 fully saturated rings. The highest BCUT2D eigenvalue weighted by atomic mass is 35.5. The summed E-state index contributed by atoms with van der Waals surface area (Å²) in [4.78, 5) is 0. The van der Waals surface area contributed by atoms with Crippen molar-refractivity contribution in [2.75, 3.05) is 13.2 Å². The molecule has 0 aromatic carbocycles. The van der Waals surface area contributed by atoms with Crippen LogP contribution < -0.4 is 16.2 Å². The zero-order valence-corrected chi connectivity index (χ0v) is 13.6. The first kappa shape index (κ1) is 16.0. The molecule has 2 aliphatic carbocycles. The second kappa shape index (κ2) is 7.60. The minimum atomic E-state index is 0.207. The van der Waals surface area contributed by atoms with Crippen molar-refractivity contribution in [1.29, 1.82) is 0 Å². The van der Waals surface area contributed by atoms with E-state index in [1.807, 2.05) is 0 Å². The molecule has 5 heteroatoms. The van der Waals surface area contributed by atoms with E-state index >= 15 is 0 Å². The summed E-state index contributed by atoms with van der Waals surface area (Å²) >= 11 is 6.27. The molecule has 4 N–H and O–H groups in total. The van der Waals surface area contributed by atoms with Crippen molar-refractivity contribution in [1.82, 2.24) is 16.2 Å². The van der Waals surface area contributed by atoms with Gasteiger partial charge < -0.3 is 5.11 Å². The molecule has 2 saturated carbocycles. The summed E-state index contributed by atoms with van der Waals surface area (Å²) in [5, 5.41) is 12.9. The van der Waals surface area contributed by atoms with Gasteiger partial charge in [-0.1, -0.05) is 12.8 Å². The van der Waals surface area contributed by atoms with E-state index in [0.717, 1.165) is 11.8 Å². The molecule has 21 heavy (non-hydrogen) atoms. The van der Waals surface area contributed by atoms with Gasteiger partial charge in [0.2, 0.25) is 0 Å². The Hall–Kier alpha value is 0.130. The first-order valence-corrected chi connectivity index (χ1v) is 9.22. The van der Waals surface area contributed by atoms with E-state index in [9.17, 15) is 0 Å². The van der Waals surface area contributed by atoms with Gasteiger partial charge in [0.05, 0.1) is 12.8 Å². The molecule has 0 spiro atoms. The van der Waals surface area contributed by atoms with Gasteiger partial charge in [-0.05, 0) is 56.3 Å². The van der Waals surface area contributed by atoms with Gasteiger partial charge in [0.25, 0.3) is 0 Å². The lowest BCUT2D eigenvalue weighted by molar-refractivity contribution is 0.0235. The number of rotatable bonds is 4. The Labute approximate surface area is 133 Å². The summed E-state index contributed by atoms with van der Waals surface area (Å²) in [7, 11) is 0. The Morgan fingerprint density at radius 3 is 2.38 bits per heavy atom. The maximum absolute atomic E-state index is 9.05. The van der Waals surface area contributed by atoms with Crippen LogP contribution in [0.1, 0.15) is 51.4 Å². The van der Waals surface area contributed by atoms with E-state index in [1.54, 1.807) is 0 Å². The normalized spacial score (nSPS) is 44.3. The predicted octanol–water partition coefficient (Wildman–Crippen LogP) is 1.97. The van der Waals surface area contributed by atoms with Crippen LogP contribution in [0.25, 0.3) is 0 Å². The second-order valence-electron chi connectivity index (χ2n) is 7.09. The Morgan fingerprint density at radius 2 is 1.67 bits per heavy atom. The number of aliphatic hydroxyl groups is 1. The first-order chi connectivity index (χ1) is 10.3. The highest BCUT2D eigenvalue weighted by Gasteiger charge is 2.43. The van der Waals surface area contributed by atoms with E-state index in [1.165, 1.54) is 51.4 Å². The van der Waals surface area contributed by atoms with Crippen molar-refractivity contribution in [2.24, 2.45) is 17.8 Å². The highest BCUT2D eigenvalue weighted by molar-refractivity contribution is 6.20. The van der Waals surface area contributed by atoms with Crippen LogP contribution in [0.2, 0.25) is 0 Å². The number of hydrazine groups is 1. The average molecular weight is 316 g/mol. The molecule has 0 bridgehead atoms. The quantitative estimate of drug-likeness (QED) is 0.599. The fourth-order valence-electron chi connectivity index (χ4n) is 4.78. The molecule has 3 aliphatic rings. The summed E-state index contributed by atoms with van der Waals surface area (Å²) in [6.45, 7) is 0.878. The molecule has 4 nitrogen and oxygen atoms in total. The number of alkyl halides is 1. The highest BCUT2D eigenvalue weighted by Crippen LogP contribution is 2.41. The van der Waals surface area contributed by atoms with Gasteiger partial charge in [0.15, 0.2) is 0 Å². The molecule has 3 rings (SSSR count). The molecule has 1 saturated heterocycles. The molecule has 0 amide bonds. The number of aliphatic hydroxyl groups excluding tert-OH is 1. The zero-order valence-electron chi connectivity index (χ0n) is 12.9. The SMILES string of the molecule is OCCNC1NNC(C2CCC(Cl)CC2)C2CCCCC12. The summed E-state index contributed by atoms with van der Waals surface area (Å²) in [5.74, 6) is 2.25. The fraction of sp³-hybridized carbons (Fsp3) is 1.00. The largest absolute Gasteiger partial charge is 0.395 e. The molecule has 4 unspecified atom stereocenters. The summed E-state index contributed by atoms with van der Waals surface area (Å²) in [6, 6.07) is 0.603. The van der Waals surface area contributed by atoms with Crippen molar-refractivity contribution in [2.45, 2.75) is 69.0 Å². The molecule has 0 aromatic heterocycles. The molecule has 1 heterocycles. The Bertz CT molecular complexity index is 323. The molecule has 0 aromatic rings. The van der Waals surface area contributed by atoms with E-state index in [0.29, 0.717) is 30.0 Å². The van der Waals surface area contributed by atoms with Gasteiger partial charge in [-0.25, -0.2) is 5.43 Å². The Kier molecular flexibility index (Phi) is 5.79. The van der Waals surface area contributed by atoms with Crippen LogP contribution in [0.4, 0.5) is 0 Å². The van der Waals surface area contributed by atoms with Gasteiger partial charge in [-0.2, -0.15) is 0 Å². The van der Waals surface area contributed by atoms with Crippen LogP contribution >= 0.6 is 11.6 Å². The molecular weight excluding hydrogens is 286 g/mol. The van der Waals surface area contributed by atoms with Crippen molar-refractivity contribution in [3.05, 3.63) is 0 Å². The topological polar surface area (TPSA) is 56.3 Å². The summed E-state index contributed by atoms with van der Waals surface area (Å²) in [5.41, 5.74) is 7.13. The molecule has 1 aliphatic heterocycles. The van der Waals surface area contributed by atoms with Crippen LogP contribution in [0.3, 0.4) is 0 Å². The number of nitrogens with one attached hydrogen (secondary N) is 3. The average Bonchev–Trinajstić information content (AvgIpc) is 2.53. The number of fused-ring (bicyclic) bond motifs is 1. The smallest absolute Gasteiger partial charge is 0.0736 e. The maximum atomic E-state index is 9.05. The minimum Gasteiger partial charge on any atom is -0.395 e. The molecule has 4 atom stereocenters. The summed E-state index contributed by atoms with van der Waals surface area (Å²) < 4.78 is 0. The van der Waals surface area contributed by atoms with Crippen molar-refractivity contribution in [3.8, 4) is 0 Å². The van der Waals surface area contributed by atoms with Gasteiger partial charge >= 0.3 is 0 Å². The molecule has 0 radical (unpaired) electrons. The third kappa shape index (κ3) is 3.73. The van der Waals surface area contributed by atoms with Crippen LogP contribution in [-0.2, 0) is 0 Å². The Morgan fingerprint density at radius 1 is 0.952 bits per heavy atom. The van der Waals surface area contributed by atoms with Gasteiger partial charge in [0.1, 0.15) is 0 Å². The summed E-state index contributed by atoms with van der Waals surface area (Å²) in [6.07, 6.45) is 10.6. The van der Waals surface area contributed by atoms with E-state index in [4.69, 9.17) is 16.7 Å². The van der Waals surface area contributed by atoms with Crippen molar-refractivity contribution < 1.29 is 5.11 Å². The van der Waals surface area contributed by atoms with Crippen molar-refractivity contribution in [3.63, 3.8) is 0 Å². The maximum Gasteiger partial charge on any atom is 0.0736 e. The van der Waals surface area contributed by atoms with Crippen LogP contribution in [-0.4, -0.2) is 35.8 Å². The van der Waals surface area contributed by atoms with Crippen LogP contribution in [0.15, 0.2) is 0 Å². The monoisotopic (exact) mass is 315 g/mol. The molecular formula is C16H30ClN3O. The number of halogens is 1. The lowest BCUT2D eigenvalue weighted by Crippen LogP contribution is -2.67.